The predicted molar refractivity (Wildman–Crippen MR) is 68.9 cm³/mol. The van der Waals surface area contributed by atoms with Crippen LogP contribution in [0.2, 0.25) is 0 Å². The molecule has 2 rings (SSSR count). The quantitative estimate of drug-likeness (QED) is 0.790. The Morgan fingerprint density at radius 1 is 1.37 bits per heavy atom. The number of pyridine rings is 1. The van der Waals surface area contributed by atoms with Gasteiger partial charge in [0.15, 0.2) is 20.6 Å². The first-order chi connectivity index (χ1) is 9.01. The lowest BCUT2D eigenvalue weighted by Crippen LogP contribution is -2.14. The summed E-state index contributed by atoms with van der Waals surface area (Å²) >= 11 is 0. The van der Waals surface area contributed by atoms with Gasteiger partial charge in [-0.15, -0.1) is 0 Å². The molecule has 19 heavy (non-hydrogen) atoms. The number of aromatic nitrogens is 2. The van der Waals surface area contributed by atoms with Gasteiger partial charge in [-0.2, -0.15) is 0 Å². The van der Waals surface area contributed by atoms with Crippen LogP contribution >= 0.6 is 0 Å². The topological polar surface area (TPSA) is 77.7 Å². The minimum absolute atomic E-state index is 0.107. The Balaban J connectivity index is 2.76. The Bertz CT molecular complexity index is 718. The van der Waals surface area contributed by atoms with Crippen molar-refractivity contribution in [3.8, 4) is 0 Å². The first-order valence-electron chi connectivity index (χ1n) is 5.88. The molecule has 0 saturated heterocycles. The number of imidazole rings is 1. The highest BCUT2D eigenvalue weighted by Gasteiger charge is 2.28. The van der Waals surface area contributed by atoms with Crippen LogP contribution in [0.15, 0.2) is 29.4 Å². The molecule has 0 aromatic carbocycles. The van der Waals surface area contributed by atoms with Crippen LogP contribution in [0.25, 0.3) is 5.65 Å². The van der Waals surface area contributed by atoms with E-state index in [9.17, 15) is 13.2 Å². The van der Waals surface area contributed by atoms with Gasteiger partial charge in [-0.05, 0) is 19.1 Å². The maximum atomic E-state index is 12.1. The molecule has 2 aromatic heterocycles. The highest BCUT2D eigenvalue weighted by atomic mass is 32.2. The van der Waals surface area contributed by atoms with Crippen molar-refractivity contribution in [2.75, 3.05) is 12.4 Å². The van der Waals surface area contributed by atoms with Crippen molar-refractivity contribution < 1.29 is 17.9 Å². The Morgan fingerprint density at radius 3 is 2.74 bits per heavy atom. The van der Waals surface area contributed by atoms with E-state index in [1.54, 1.807) is 31.3 Å². The van der Waals surface area contributed by atoms with Crippen molar-refractivity contribution in [3.05, 3.63) is 30.1 Å². The second-order valence-electron chi connectivity index (χ2n) is 3.82. The first-order valence-corrected chi connectivity index (χ1v) is 7.53. The summed E-state index contributed by atoms with van der Waals surface area (Å²) in [5.74, 6) is -0.833. The van der Waals surface area contributed by atoms with Crippen LogP contribution < -0.4 is 0 Å². The summed E-state index contributed by atoms with van der Waals surface area (Å²) in [5, 5.41) is -0.107. The molecule has 0 fully saturated rings. The number of rotatable bonds is 4. The summed E-state index contributed by atoms with van der Waals surface area (Å²) in [4.78, 5) is 15.9. The molecule has 0 aliphatic carbocycles. The molecule has 6 nitrogen and oxygen atoms in total. The summed E-state index contributed by atoms with van der Waals surface area (Å²) in [6.07, 6.45) is 1.56. The van der Waals surface area contributed by atoms with Crippen molar-refractivity contribution in [1.29, 1.82) is 0 Å². The van der Waals surface area contributed by atoms with Gasteiger partial charge in [0.25, 0.3) is 0 Å². The zero-order chi connectivity index (χ0) is 14.0. The van der Waals surface area contributed by atoms with Gasteiger partial charge < -0.3 is 4.74 Å². The molecule has 2 heterocycles. The summed E-state index contributed by atoms with van der Waals surface area (Å²) in [6, 6.07) is 5.04. The zero-order valence-corrected chi connectivity index (χ0v) is 11.5. The Morgan fingerprint density at radius 2 is 2.11 bits per heavy atom. The maximum absolute atomic E-state index is 12.1. The highest BCUT2D eigenvalue weighted by Crippen LogP contribution is 2.20. The fourth-order valence-corrected chi connectivity index (χ4v) is 2.89. The summed E-state index contributed by atoms with van der Waals surface area (Å²) in [5.41, 5.74) is 0.243. The third-order valence-corrected chi connectivity index (χ3v) is 4.37. The molecule has 0 saturated carbocycles. The number of sulfone groups is 1. The van der Waals surface area contributed by atoms with E-state index in [0.717, 1.165) is 0 Å². The van der Waals surface area contributed by atoms with E-state index in [-0.39, 0.29) is 23.1 Å². The van der Waals surface area contributed by atoms with Crippen molar-refractivity contribution in [2.24, 2.45) is 0 Å². The molecule has 0 unspecified atom stereocenters. The Hall–Kier alpha value is -1.89. The number of fused-ring (bicyclic) bond motifs is 1. The number of esters is 1. The average Bonchev–Trinajstić information content (AvgIpc) is 2.79. The Kier molecular flexibility index (Phi) is 3.57. The molecule has 102 valence electrons. The lowest BCUT2D eigenvalue weighted by molar-refractivity contribution is 0.0515. The van der Waals surface area contributed by atoms with Gasteiger partial charge in [0.05, 0.1) is 12.4 Å². The van der Waals surface area contributed by atoms with Crippen LogP contribution in [0.5, 0.6) is 0 Å². The smallest absolute Gasteiger partial charge is 0.359 e. The van der Waals surface area contributed by atoms with E-state index < -0.39 is 15.8 Å². The number of ether oxygens (including phenoxy) is 1. The van der Waals surface area contributed by atoms with Gasteiger partial charge in [0, 0.05) is 6.20 Å². The van der Waals surface area contributed by atoms with Gasteiger partial charge in [-0.25, -0.2) is 18.2 Å². The van der Waals surface area contributed by atoms with Gasteiger partial charge in [0.2, 0.25) is 0 Å². The first kappa shape index (κ1) is 13.5. The molecule has 0 amide bonds. The van der Waals surface area contributed by atoms with E-state index in [2.05, 4.69) is 4.98 Å². The number of carbonyl (C=O) groups is 1. The van der Waals surface area contributed by atoms with E-state index in [1.807, 2.05) is 0 Å². The maximum Gasteiger partial charge on any atom is 0.359 e. The van der Waals surface area contributed by atoms with Gasteiger partial charge in [-0.1, -0.05) is 13.0 Å². The largest absolute Gasteiger partial charge is 0.461 e. The van der Waals surface area contributed by atoms with Crippen LogP contribution in [0.3, 0.4) is 0 Å². The fourth-order valence-electron chi connectivity index (χ4n) is 1.74. The van der Waals surface area contributed by atoms with Gasteiger partial charge in [-0.3, -0.25) is 4.40 Å². The molecule has 0 atom stereocenters. The molecule has 2 aromatic rings. The normalized spacial score (nSPS) is 11.7. The lowest BCUT2D eigenvalue weighted by Gasteiger charge is -2.04. The molecule has 0 aliphatic heterocycles. The van der Waals surface area contributed by atoms with Crippen LogP contribution in [-0.4, -0.2) is 36.1 Å². The standard InChI is InChI=1S/C12H14N2O4S/c1-3-18-12(15)10-11(19(16,17)4-2)14-8-6-5-7-9(14)13-10/h5-8H,3-4H2,1-2H3. The van der Waals surface area contributed by atoms with Crippen molar-refractivity contribution in [2.45, 2.75) is 18.9 Å². The molecule has 0 radical (unpaired) electrons. The molecule has 0 spiro atoms. The van der Waals surface area contributed by atoms with E-state index in [1.165, 1.54) is 11.3 Å². The zero-order valence-electron chi connectivity index (χ0n) is 10.7. The van der Waals surface area contributed by atoms with E-state index in [0.29, 0.717) is 5.65 Å². The number of nitrogens with zero attached hydrogens (tertiary/aromatic N) is 2. The van der Waals surface area contributed by atoms with Crippen molar-refractivity contribution >= 4 is 21.5 Å². The van der Waals surface area contributed by atoms with Crippen LogP contribution in [-0.2, 0) is 14.6 Å². The van der Waals surface area contributed by atoms with Crippen LogP contribution in [0.1, 0.15) is 24.3 Å². The number of carbonyl (C=O) groups excluding carboxylic acids is 1. The van der Waals surface area contributed by atoms with E-state index >= 15 is 0 Å². The molecule has 7 heteroatoms. The summed E-state index contributed by atoms with van der Waals surface area (Å²) in [6.45, 7) is 3.34. The van der Waals surface area contributed by atoms with Crippen LogP contribution in [0.4, 0.5) is 0 Å². The minimum atomic E-state index is -3.58. The number of hydrogen-bond acceptors (Lipinski definition) is 5. The highest BCUT2D eigenvalue weighted by molar-refractivity contribution is 7.91. The predicted octanol–water partition coefficient (Wildman–Crippen LogP) is 1.30. The van der Waals surface area contributed by atoms with Crippen molar-refractivity contribution in [1.82, 2.24) is 9.38 Å². The van der Waals surface area contributed by atoms with Gasteiger partial charge in [0.1, 0.15) is 5.65 Å². The second-order valence-corrected chi connectivity index (χ2v) is 6.01. The third kappa shape index (κ3) is 2.33. The SMILES string of the molecule is CCOC(=O)c1nc2ccccn2c1S(=O)(=O)CC. The molecule has 0 bridgehead atoms. The molecular formula is C12H14N2O4S. The molecule has 0 aliphatic rings. The molecular weight excluding hydrogens is 268 g/mol. The van der Waals surface area contributed by atoms with Crippen molar-refractivity contribution in [3.63, 3.8) is 0 Å². The third-order valence-electron chi connectivity index (χ3n) is 2.63. The summed E-state index contributed by atoms with van der Waals surface area (Å²) < 4.78 is 30.5. The monoisotopic (exact) mass is 282 g/mol. The fraction of sp³-hybridized carbons (Fsp3) is 0.333. The Labute approximate surface area is 110 Å². The molecule has 0 N–H and O–H groups in total. The minimum Gasteiger partial charge on any atom is -0.461 e. The lowest BCUT2D eigenvalue weighted by atomic mass is 10.5. The van der Waals surface area contributed by atoms with E-state index in [4.69, 9.17) is 4.74 Å². The van der Waals surface area contributed by atoms with Gasteiger partial charge >= 0.3 is 5.97 Å². The second kappa shape index (κ2) is 5.00. The van der Waals surface area contributed by atoms with Crippen LogP contribution in [0, 0.1) is 0 Å². The summed E-state index contributed by atoms with van der Waals surface area (Å²) in [7, 11) is -3.58. The average molecular weight is 282 g/mol. The number of hydrogen-bond donors (Lipinski definition) is 0.